The molecule has 3 heterocycles. The summed E-state index contributed by atoms with van der Waals surface area (Å²) in [6.07, 6.45) is 3.43. The van der Waals surface area contributed by atoms with Crippen LogP contribution in [0.25, 0.3) is 11.6 Å². The van der Waals surface area contributed by atoms with Crippen LogP contribution in [0, 0.1) is 5.92 Å². The van der Waals surface area contributed by atoms with Gasteiger partial charge in [0.1, 0.15) is 5.15 Å². The van der Waals surface area contributed by atoms with Crippen LogP contribution in [0.1, 0.15) is 19.4 Å². The van der Waals surface area contributed by atoms with Crippen molar-refractivity contribution in [3.63, 3.8) is 0 Å². The van der Waals surface area contributed by atoms with Gasteiger partial charge in [-0.25, -0.2) is 4.98 Å². The molecule has 0 saturated carbocycles. The molecule has 0 bridgehead atoms. The first-order chi connectivity index (χ1) is 11.1. The van der Waals surface area contributed by atoms with Gasteiger partial charge in [-0.15, -0.1) is 10.2 Å². The second-order valence-corrected chi connectivity index (χ2v) is 6.90. The standard InChI is InChI=1S/C16H17ClN4OS/c1-11(2)9-21-15(13-4-3-7-22-13)19-20-16(21)23-10-12-5-6-14(17)18-8-12/h3-8,11H,9-10H2,1-2H3. The number of aromatic nitrogens is 4. The predicted molar refractivity (Wildman–Crippen MR) is 91.4 cm³/mol. The summed E-state index contributed by atoms with van der Waals surface area (Å²) < 4.78 is 7.58. The van der Waals surface area contributed by atoms with Crippen LogP contribution in [0.2, 0.25) is 5.15 Å². The van der Waals surface area contributed by atoms with E-state index >= 15 is 0 Å². The summed E-state index contributed by atoms with van der Waals surface area (Å²) in [6.45, 7) is 5.18. The van der Waals surface area contributed by atoms with Crippen LogP contribution in [0.5, 0.6) is 0 Å². The molecule has 0 saturated heterocycles. The highest BCUT2D eigenvalue weighted by Gasteiger charge is 2.17. The molecule has 120 valence electrons. The second-order valence-electron chi connectivity index (χ2n) is 5.57. The van der Waals surface area contributed by atoms with Gasteiger partial charge >= 0.3 is 0 Å². The Morgan fingerprint density at radius 1 is 1.26 bits per heavy atom. The van der Waals surface area contributed by atoms with Crippen LogP contribution in [-0.2, 0) is 12.3 Å². The topological polar surface area (TPSA) is 56.7 Å². The first kappa shape index (κ1) is 16.1. The van der Waals surface area contributed by atoms with Crippen molar-refractivity contribution in [1.29, 1.82) is 0 Å². The molecule has 0 spiro atoms. The highest BCUT2D eigenvalue weighted by molar-refractivity contribution is 7.98. The van der Waals surface area contributed by atoms with E-state index < -0.39 is 0 Å². The summed E-state index contributed by atoms with van der Waals surface area (Å²) in [6, 6.07) is 7.53. The van der Waals surface area contributed by atoms with Crippen molar-refractivity contribution in [3.05, 3.63) is 47.4 Å². The molecule has 0 aromatic carbocycles. The number of pyridine rings is 1. The minimum atomic E-state index is 0.483. The molecule has 3 aromatic rings. The van der Waals surface area contributed by atoms with Gasteiger partial charge in [-0.1, -0.05) is 43.3 Å². The molecule has 0 amide bonds. The van der Waals surface area contributed by atoms with Crippen molar-refractivity contribution in [3.8, 4) is 11.6 Å². The third-order valence-electron chi connectivity index (χ3n) is 3.16. The molecule has 0 atom stereocenters. The molecule has 3 aromatic heterocycles. The molecule has 0 aliphatic heterocycles. The van der Waals surface area contributed by atoms with Crippen LogP contribution in [0.3, 0.4) is 0 Å². The molecule has 0 aliphatic carbocycles. The lowest BCUT2D eigenvalue weighted by molar-refractivity contribution is 0.489. The van der Waals surface area contributed by atoms with Gasteiger partial charge in [-0.05, 0) is 29.7 Å². The average molecular weight is 349 g/mol. The van der Waals surface area contributed by atoms with E-state index in [1.165, 1.54) is 0 Å². The Morgan fingerprint density at radius 3 is 2.78 bits per heavy atom. The zero-order valence-electron chi connectivity index (χ0n) is 12.9. The first-order valence-corrected chi connectivity index (χ1v) is 8.70. The second kappa shape index (κ2) is 7.19. The minimum Gasteiger partial charge on any atom is -0.461 e. The van der Waals surface area contributed by atoms with Crippen LogP contribution < -0.4 is 0 Å². The zero-order valence-corrected chi connectivity index (χ0v) is 14.5. The lowest BCUT2D eigenvalue weighted by atomic mass is 10.2. The summed E-state index contributed by atoms with van der Waals surface area (Å²) in [5, 5.41) is 10.0. The van der Waals surface area contributed by atoms with E-state index in [-0.39, 0.29) is 0 Å². The van der Waals surface area contributed by atoms with Crippen molar-refractivity contribution in [2.75, 3.05) is 0 Å². The largest absolute Gasteiger partial charge is 0.461 e. The summed E-state index contributed by atoms with van der Waals surface area (Å²) in [7, 11) is 0. The molecule has 5 nitrogen and oxygen atoms in total. The van der Waals surface area contributed by atoms with Gasteiger partial charge in [0.15, 0.2) is 16.7 Å². The Kier molecular flexibility index (Phi) is 5.03. The fraction of sp³-hybridized carbons (Fsp3) is 0.312. The van der Waals surface area contributed by atoms with Crippen molar-refractivity contribution >= 4 is 23.4 Å². The Balaban J connectivity index is 1.82. The smallest absolute Gasteiger partial charge is 0.200 e. The van der Waals surface area contributed by atoms with E-state index in [1.807, 2.05) is 18.2 Å². The van der Waals surface area contributed by atoms with Crippen molar-refractivity contribution in [1.82, 2.24) is 19.7 Å². The van der Waals surface area contributed by atoms with Crippen LogP contribution in [0.15, 0.2) is 46.3 Å². The van der Waals surface area contributed by atoms with E-state index in [0.717, 1.165) is 34.6 Å². The normalized spacial score (nSPS) is 11.3. The van der Waals surface area contributed by atoms with E-state index in [1.54, 1.807) is 30.3 Å². The van der Waals surface area contributed by atoms with Crippen molar-refractivity contribution in [2.45, 2.75) is 31.3 Å². The number of nitrogens with zero attached hydrogens (tertiary/aromatic N) is 4. The van der Waals surface area contributed by atoms with Gasteiger partial charge in [0.25, 0.3) is 0 Å². The highest BCUT2D eigenvalue weighted by Crippen LogP contribution is 2.27. The fourth-order valence-corrected chi connectivity index (χ4v) is 3.15. The van der Waals surface area contributed by atoms with Gasteiger partial charge in [0, 0.05) is 18.5 Å². The fourth-order valence-electron chi connectivity index (χ4n) is 2.15. The number of halogens is 1. The van der Waals surface area contributed by atoms with Gasteiger partial charge in [-0.2, -0.15) is 0 Å². The Labute approximate surface area is 144 Å². The van der Waals surface area contributed by atoms with Crippen LogP contribution >= 0.6 is 23.4 Å². The maximum Gasteiger partial charge on any atom is 0.200 e. The maximum atomic E-state index is 5.82. The Hall–Kier alpha value is -1.79. The molecule has 0 N–H and O–H groups in total. The third-order valence-corrected chi connectivity index (χ3v) is 4.42. The van der Waals surface area contributed by atoms with Crippen molar-refractivity contribution < 1.29 is 4.42 Å². The number of thioether (sulfide) groups is 1. The van der Waals surface area contributed by atoms with Gasteiger partial charge < -0.3 is 4.42 Å². The molecule has 3 rings (SSSR count). The Morgan fingerprint density at radius 2 is 2.13 bits per heavy atom. The van der Waals surface area contributed by atoms with Crippen molar-refractivity contribution in [2.24, 2.45) is 5.92 Å². The monoisotopic (exact) mass is 348 g/mol. The summed E-state index contributed by atoms with van der Waals surface area (Å²) in [5.74, 6) is 2.74. The number of furan rings is 1. The molecule has 0 unspecified atom stereocenters. The minimum absolute atomic E-state index is 0.483. The molecule has 7 heteroatoms. The average Bonchev–Trinajstić information content (AvgIpc) is 3.16. The maximum absolute atomic E-state index is 5.82. The lowest BCUT2D eigenvalue weighted by Crippen LogP contribution is -2.07. The molecule has 23 heavy (non-hydrogen) atoms. The molecular formula is C16H17ClN4OS. The highest BCUT2D eigenvalue weighted by atomic mass is 35.5. The number of hydrogen-bond acceptors (Lipinski definition) is 5. The van der Waals surface area contributed by atoms with E-state index in [0.29, 0.717) is 11.1 Å². The van der Waals surface area contributed by atoms with Gasteiger partial charge in [0.05, 0.1) is 6.26 Å². The van der Waals surface area contributed by atoms with Crippen LogP contribution in [0.4, 0.5) is 0 Å². The molecule has 0 radical (unpaired) electrons. The number of hydrogen-bond donors (Lipinski definition) is 0. The van der Waals surface area contributed by atoms with Crippen LogP contribution in [-0.4, -0.2) is 19.7 Å². The van der Waals surface area contributed by atoms with Gasteiger partial charge in [0.2, 0.25) is 0 Å². The zero-order chi connectivity index (χ0) is 16.2. The third kappa shape index (κ3) is 3.95. The Bertz CT molecular complexity index is 753. The lowest BCUT2D eigenvalue weighted by Gasteiger charge is -2.11. The van der Waals surface area contributed by atoms with E-state index in [2.05, 4.69) is 33.6 Å². The summed E-state index contributed by atoms with van der Waals surface area (Å²) in [4.78, 5) is 4.10. The SMILES string of the molecule is CC(C)Cn1c(SCc2ccc(Cl)nc2)nnc1-c1ccco1. The van der Waals surface area contributed by atoms with E-state index in [4.69, 9.17) is 16.0 Å². The number of rotatable bonds is 6. The van der Waals surface area contributed by atoms with E-state index in [9.17, 15) is 0 Å². The quantitative estimate of drug-likeness (QED) is 0.483. The van der Waals surface area contributed by atoms with Gasteiger partial charge in [-0.3, -0.25) is 4.57 Å². The molecule has 0 aliphatic rings. The predicted octanol–water partition coefficient (Wildman–Crippen LogP) is 4.53. The molecule has 0 fully saturated rings. The first-order valence-electron chi connectivity index (χ1n) is 7.34. The summed E-state index contributed by atoms with van der Waals surface area (Å²) >= 11 is 7.45. The summed E-state index contributed by atoms with van der Waals surface area (Å²) in [5.41, 5.74) is 1.10. The molecular weight excluding hydrogens is 332 g/mol.